The fourth-order valence-corrected chi connectivity index (χ4v) is 1.61. The van der Waals surface area contributed by atoms with E-state index in [0.717, 1.165) is 12.1 Å². The van der Waals surface area contributed by atoms with Crippen LogP contribution in [0.4, 0.5) is 18.9 Å². The Morgan fingerprint density at radius 2 is 1.78 bits per heavy atom. The Labute approximate surface area is 102 Å². The monoisotopic (exact) mass is 263 g/mol. The van der Waals surface area contributed by atoms with Crippen LogP contribution in [0, 0.1) is 10.1 Å². The number of hydrogen-bond donors (Lipinski definition) is 0. The number of nitrogens with zero attached hydrogens (tertiary/aromatic N) is 1. The molecule has 0 saturated carbocycles. The van der Waals surface area contributed by atoms with Crippen LogP contribution in [0.2, 0.25) is 0 Å². The number of nitro benzene ring substituents is 1. The largest absolute Gasteiger partial charge is 0.392 e. The molecule has 0 radical (unpaired) electrons. The highest BCUT2D eigenvalue weighted by molar-refractivity contribution is 5.35. The Hall–Kier alpha value is -1.63. The Morgan fingerprint density at radius 3 is 2.11 bits per heavy atom. The fraction of sp³-hybridized carbons (Fsp3) is 0.455. The van der Waals surface area contributed by atoms with Crippen molar-refractivity contribution in [3.63, 3.8) is 0 Å². The average molecular weight is 263 g/mol. The predicted octanol–water partition coefficient (Wildman–Crippen LogP) is 3.41. The van der Waals surface area contributed by atoms with Crippen LogP contribution < -0.4 is 0 Å². The molecule has 0 bridgehead atoms. The Morgan fingerprint density at radius 1 is 1.28 bits per heavy atom. The summed E-state index contributed by atoms with van der Waals surface area (Å²) in [6, 6.07) is 4.85. The summed E-state index contributed by atoms with van der Waals surface area (Å²) in [7, 11) is 1.17. The number of nitro groups is 1. The van der Waals surface area contributed by atoms with Crippen molar-refractivity contribution in [2.45, 2.75) is 25.1 Å². The van der Waals surface area contributed by atoms with Crippen LogP contribution in [-0.4, -0.2) is 18.2 Å². The maximum absolute atomic E-state index is 12.4. The zero-order valence-corrected chi connectivity index (χ0v) is 9.82. The number of alkyl halides is 3. The highest BCUT2D eigenvalue weighted by atomic mass is 19.4. The molecule has 0 aromatic heterocycles. The second-order valence-corrected chi connectivity index (χ2v) is 4.03. The van der Waals surface area contributed by atoms with Crippen molar-refractivity contribution in [3.05, 3.63) is 39.9 Å². The molecule has 0 fully saturated rings. The molecular weight excluding hydrogens is 251 g/mol. The molecule has 4 nitrogen and oxygen atoms in total. The molecule has 18 heavy (non-hydrogen) atoms. The summed E-state index contributed by atoms with van der Waals surface area (Å²) in [6.45, 7) is 1.29. The molecule has 0 aliphatic heterocycles. The first kappa shape index (κ1) is 14.4. The molecule has 0 aliphatic rings. The number of non-ortho nitro benzene ring substituents is 1. The summed E-state index contributed by atoms with van der Waals surface area (Å²) in [6.07, 6.45) is -5.54. The van der Waals surface area contributed by atoms with Gasteiger partial charge in [0.05, 0.1) is 16.9 Å². The van der Waals surface area contributed by atoms with Gasteiger partial charge in [0.25, 0.3) is 5.69 Å². The fourth-order valence-electron chi connectivity index (χ4n) is 1.61. The molecule has 100 valence electrons. The molecular formula is C11H12F3NO3. The lowest BCUT2D eigenvalue weighted by atomic mass is 9.92. The molecule has 1 aromatic carbocycles. The third-order valence-electron chi connectivity index (χ3n) is 2.68. The van der Waals surface area contributed by atoms with Crippen molar-refractivity contribution in [3.8, 4) is 0 Å². The van der Waals surface area contributed by atoms with E-state index in [0.29, 0.717) is 0 Å². The molecule has 0 N–H and O–H groups in total. The van der Waals surface area contributed by atoms with E-state index in [9.17, 15) is 23.3 Å². The Kier molecular flexibility index (Phi) is 3.95. The van der Waals surface area contributed by atoms with E-state index < -0.39 is 23.1 Å². The summed E-state index contributed by atoms with van der Waals surface area (Å²) in [5, 5.41) is 10.5. The Bertz CT molecular complexity index is 430. The molecule has 1 aromatic rings. The number of hydrogen-bond acceptors (Lipinski definition) is 3. The van der Waals surface area contributed by atoms with Gasteiger partial charge in [-0.3, -0.25) is 10.1 Å². The SMILES string of the molecule is COC(C)(CC(F)(F)F)c1ccc([N+](=O)[O-])cc1. The maximum Gasteiger partial charge on any atom is 0.392 e. The summed E-state index contributed by atoms with van der Waals surface area (Å²) < 4.78 is 42.2. The van der Waals surface area contributed by atoms with Gasteiger partial charge in [-0.15, -0.1) is 0 Å². The Balaban J connectivity index is 3.05. The van der Waals surface area contributed by atoms with Crippen LogP contribution in [0.15, 0.2) is 24.3 Å². The van der Waals surface area contributed by atoms with Crippen LogP contribution in [0.25, 0.3) is 0 Å². The number of methoxy groups -OCH3 is 1. The highest BCUT2D eigenvalue weighted by Crippen LogP contribution is 2.37. The molecule has 1 rings (SSSR count). The number of ether oxygens (including phenoxy) is 1. The van der Waals surface area contributed by atoms with Gasteiger partial charge in [-0.05, 0) is 24.6 Å². The smallest absolute Gasteiger partial charge is 0.373 e. The van der Waals surface area contributed by atoms with Crippen LogP contribution in [0.3, 0.4) is 0 Å². The summed E-state index contributed by atoms with van der Waals surface area (Å²) in [5.74, 6) is 0. The van der Waals surface area contributed by atoms with Gasteiger partial charge in [0, 0.05) is 19.2 Å². The van der Waals surface area contributed by atoms with Gasteiger partial charge in [-0.1, -0.05) is 0 Å². The molecule has 0 aliphatic carbocycles. The minimum Gasteiger partial charge on any atom is -0.373 e. The topological polar surface area (TPSA) is 52.4 Å². The van der Waals surface area contributed by atoms with Crippen molar-refractivity contribution in [1.82, 2.24) is 0 Å². The second kappa shape index (κ2) is 4.93. The molecule has 7 heteroatoms. The number of rotatable bonds is 4. The summed E-state index contributed by atoms with van der Waals surface area (Å²) >= 11 is 0. The third-order valence-corrected chi connectivity index (χ3v) is 2.68. The lowest BCUT2D eigenvalue weighted by Crippen LogP contribution is -2.31. The highest BCUT2D eigenvalue weighted by Gasteiger charge is 2.40. The molecule has 1 unspecified atom stereocenters. The van der Waals surface area contributed by atoms with Crippen LogP contribution in [-0.2, 0) is 10.3 Å². The molecule has 0 saturated heterocycles. The van der Waals surface area contributed by atoms with Crippen LogP contribution >= 0.6 is 0 Å². The van der Waals surface area contributed by atoms with E-state index in [1.54, 1.807) is 0 Å². The number of halogens is 3. The van der Waals surface area contributed by atoms with E-state index >= 15 is 0 Å². The van der Waals surface area contributed by atoms with Crippen molar-refractivity contribution in [2.75, 3.05) is 7.11 Å². The zero-order valence-electron chi connectivity index (χ0n) is 9.82. The minimum atomic E-state index is -4.38. The average Bonchev–Trinajstić information content (AvgIpc) is 2.27. The first-order valence-electron chi connectivity index (χ1n) is 5.05. The molecule has 0 spiro atoms. The van der Waals surface area contributed by atoms with E-state index in [1.807, 2.05) is 0 Å². The summed E-state index contributed by atoms with van der Waals surface area (Å²) in [5.41, 5.74) is -1.48. The molecule has 0 heterocycles. The second-order valence-electron chi connectivity index (χ2n) is 4.03. The maximum atomic E-state index is 12.4. The molecule has 0 amide bonds. The third kappa shape index (κ3) is 3.43. The van der Waals surface area contributed by atoms with E-state index in [1.165, 1.54) is 26.2 Å². The lowest BCUT2D eigenvalue weighted by molar-refractivity contribution is -0.384. The van der Waals surface area contributed by atoms with Gasteiger partial charge in [-0.2, -0.15) is 13.2 Å². The van der Waals surface area contributed by atoms with Crippen molar-refractivity contribution in [1.29, 1.82) is 0 Å². The summed E-state index contributed by atoms with van der Waals surface area (Å²) in [4.78, 5) is 9.84. The van der Waals surface area contributed by atoms with Crippen molar-refractivity contribution >= 4 is 5.69 Å². The predicted molar refractivity (Wildman–Crippen MR) is 58.1 cm³/mol. The van der Waals surface area contributed by atoms with E-state index in [-0.39, 0.29) is 11.3 Å². The van der Waals surface area contributed by atoms with Crippen LogP contribution in [0.1, 0.15) is 18.9 Å². The van der Waals surface area contributed by atoms with Gasteiger partial charge in [0.2, 0.25) is 0 Å². The van der Waals surface area contributed by atoms with Crippen LogP contribution in [0.5, 0.6) is 0 Å². The first-order valence-corrected chi connectivity index (χ1v) is 5.05. The number of benzene rings is 1. The van der Waals surface area contributed by atoms with Gasteiger partial charge in [0.1, 0.15) is 0 Å². The normalized spacial score (nSPS) is 15.2. The van der Waals surface area contributed by atoms with E-state index in [2.05, 4.69) is 0 Å². The minimum absolute atomic E-state index is 0.177. The van der Waals surface area contributed by atoms with E-state index in [4.69, 9.17) is 4.74 Å². The van der Waals surface area contributed by atoms with Gasteiger partial charge in [0.15, 0.2) is 0 Å². The van der Waals surface area contributed by atoms with Gasteiger partial charge >= 0.3 is 6.18 Å². The van der Waals surface area contributed by atoms with Crippen molar-refractivity contribution < 1.29 is 22.8 Å². The van der Waals surface area contributed by atoms with Crippen molar-refractivity contribution in [2.24, 2.45) is 0 Å². The van der Waals surface area contributed by atoms with Gasteiger partial charge in [-0.25, -0.2) is 0 Å². The quantitative estimate of drug-likeness (QED) is 0.617. The van der Waals surface area contributed by atoms with Gasteiger partial charge < -0.3 is 4.74 Å². The first-order chi connectivity index (χ1) is 8.18. The zero-order chi connectivity index (χ0) is 14.0. The molecule has 1 atom stereocenters. The lowest BCUT2D eigenvalue weighted by Gasteiger charge is -2.29. The standard InChI is InChI=1S/C11H12F3NO3/c1-10(18-2,7-11(12,13)14)8-3-5-9(6-4-8)15(16)17/h3-6H,7H2,1-2H3.